The quantitative estimate of drug-likeness (QED) is 0.434. The number of aliphatic hydroxyl groups is 1. The van der Waals surface area contributed by atoms with Gasteiger partial charge in [-0.15, -0.1) is 0 Å². The highest BCUT2D eigenvalue weighted by atomic mass is 16.6. The molecule has 0 aromatic rings. The summed E-state index contributed by atoms with van der Waals surface area (Å²) in [4.78, 5) is 26.6. The van der Waals surface area contributed by atoms with Crippen LogP contribution in [0.2, 0.25) is 0 Å². The number of hydrogen-bond acceptors (Lipinski definition) is 4. The Morgan fingerprint density at radius 2 is 1.71 bits per heavy atom. The fraction of sp³-hybridized carbons (Fsp3) is 0.913. The van der Waals surface area contributed by atoms with Gasteiger partial charge >= 0.3 is 6.09 Å². The van der Waals surface area contributed by atoms with E-state index in [-0.39, 0.29) is 24.3 Å². The molecule has 1 saturated heterocycles. The van der Waals surface area contributed by atoms with E-state index >= 15 is 0 Å². The number of carbonyl (C=O) groups excluding carboxylic acids is 2. The number of likely N-dealkylation sites (tertiary alicyclic amines) is 1. The first-order valence-electron chi connectivity index (χ1n) is 11.4. The maximum atomic E-state index is 12.4. The lowest BCUT2D eigenvalue weighted by molar-refractivity contribution is -0.122. The molecule has 1 fully saturated rings. The summed E-state index contributed by atoms with van der Waals surface area (Å²) < 4.78 is 5.50. The Morgan fingerprint density at radius 1 is 1.07 bits per heavy atom. The number of aliphatic hydroxyl groups excluding tert-OH is 1. The average Bonchev–Trinajstić information content (AvgIpc) is 2.59. The predicted molar refractivity (Wildman–Crippen MR) is 113 cm³/mol. The van der Waals surface area contributed by atoms with Crippen LogP contribution in [-0.4, -0.2) is 46.2 Å². The molecule has 0 bridgehead atoms. The van der Waals surface area contributed by atoms with E-state index in [0.29, 0.717) is 19.4 Å². The molecule has 0 spiro atoms. The molecule has 1 rings (SSSR count). The molecule has 1 aliphatic rings. The number of unbranched alkanes of at least 4 members (excludes halogenated alkanes) is 6. The summed E-state index contributed by atoms with van der Waals surface area (Å²) in [6.07, 6.45) is 11.6. The van der Waals surface area contributed by atoms with E-state index in [4.69, 9.17) is 4.74 Å². The van der Waals surface area contributed by atoms with Crippen molar-refractivity contribution in [2.24, 2.45) is 0 Å². The minimum absolute atomic E-state index is 0.0518. The van der Waals surface area contributed by atoms with Gasteiger partial charge in [0.05, 0.1) is 6.10 Å². The lowest BCUT2D eigenvalue weighted by atomic mass is 9.95. The van der Waals surface area contributed by atoms with Gasteiger partial charge in [-0.1, -0.05) is 51.9 Å². The van der Waals surface area contributed by atoms with Crippen molar-refractivity contribution in [2.45, 2.75) is 129 Å². The molecular formula is C23H43NO4. The van der Waals surface area contributed by atoms with E-state index in [0.717, 1.165) is 32.1 Å². The van der Waals surface area contributed by atoms with Gasteiger partial charge in [0.15, 0.2) is 0 Å². The van der Waals surface area contributed by atoms with Crippen molar-refractivity contribution in [3.05, 3.63) is 0 Å². The van der Waals surface area contributed by atoms with Crippen molar-refractivity contribution in [3.63, 3.8) is 0 Å². The van der Waals surface area contributed by atoms with Crippen LogP contribution in [0.25, 0.3) is 0 Å². The van der Waals surface area contributed by atoms with Gasteiger partial charge in [0, 0.05) is 25.4 Å². The minimum Gasteiger partial charge on any atom is -0.444 e. The van der Waals surface area contributed by atoms with Gasteiger partial charge in [0.2, 0.25) is 0 Å². The number of carbonyl (C=O) groups is 2. The summed E-state index contributed by atoms with van der Waals surface area (Å²) >= 11 is 0. The van der Waals surface area contributed by atoms with Gasteiger partial charge in [-0.25, -0.2) is 4.79 Å². The number of rotatable bonds is 12. The fourth-order valence-corrected chi connectivity index (χ4v) is 3.82. The van der Waals surface area contributed by atoms with Crippen molar-refractivity contribution in [2.75, 3.05) is 6.54 Å². The summed E-state index contributed by atoms with van der Waals surface area (Å²) in [7, 11) is 0. The number of amides is 1. The Hall–Kier alpha value is -1.10. The molecule has 28 heavy (non-hydrogen) atoms. The Labute approximate surface area is 172 Å². The predicted octanol–water partition coefficient (Wildman–Crippen LogP) is 5.63. The third-order valence-corrected chi connectivity index (χ3v) is 5.32. The number of piperidine rings is 1. The van der Waals surface area contributed by atoms with Gasteiger partial charge < -0.3 is 14.7 Å². The van der Waals surface area contributed by atoms with Crippen LogP contribution in [0.1, 0.15) is 111 Å². The second-order valence-electron chi connectivity index (χ2n) is 9.33. The van der Waals surface area contributed by atoms with Crippen LogP contribution < -0.4 is 0 Å². The van der Waals surface area contributed by atoms with Gasteiger partial charge in [-0.05, 0) is 46.5 Å². The summed E-state index contributed by atoms with van der Waals surface area (Å²) in [5.41, 5.74) is -0.532. The normalized spacial score (nSPS) is 18.8. The van der Waals surface area contributed by atoms with Crippen LogP contribution in [0.4, 0.5) is 4.79 Å². The zero-order chi connectivity index (χ0) is 21.0. The van der Waals surface area contributed by atoms with Crippen molar-refractivity contribution in [1.82, 2.24) is 4.90 Å². The van der Waals surface area contributed by atoms with E-state index < -0.39 is 11.7 Å². The SMILES string of the molecule is CCCCCCCCCC(O)CC(=O)C[C@@H]1CCCCN1C(=O)OC(C)(C)C. The second kappa shape index (κ2) is 13.2. The van der Waals surface area contributed by atoms with Gasteiger partial charge in [-0.2, -0.15) is 0 Å². The molecule has 5 nitrogen and oxygen atoms in total. The van der Waals surface area contributed by atoms with Crippen LogP contribution >= 0.6 is 0 Å². The molecule has 2 atom stereocenters. The van der Waals surface area contributed by atoms with Crippen LogP contribution in [0.3, 0.4) is 0 Å². The van der Waals surface area contributed by atoms with E-state index in [1.54, 1.807) is 4.90 Å². The third-order valence-electron chi connectivity index (χ3n) is 5.32. The molecule has 1 unspecified atom stereocenters. The lowest BCUT2D eigenvalue weighted by Crippen LogP contribution is -2.47. The van der Waals surface area contributed by atoms with Crippen LogP contribution in [0.5, 0.6) is 0 Å². The lowest BCUT2D eigenvalue weighted by Gasteiger charge is -2.36. The van der Waals surface area contributed by atoms with E-state index in [1.165, 1.54) is 32.1 Å². The molecule has 0 aromatic heterocycles. The molecule has 0 saturated carbocycles. The van der Waals surface area contributed by atoms with Crippen molar-refractivity contribution < 1.29 is 19.4 Å². The molecule has 1 heterocycles. The molecule has 1 N–H and O–H groups in total. The van der Waals surface area contributed by atoms with Gasteiger partial charge in [-0.3, -0.25) is 4.79 Å². The molecule has 0 aromatic carbocycles. The zero-order valence-corrected chi connectivity index (χ0v) is 18.7. The van der Waals surface area contributed by atoms with Gasteiger partial charge in [0.1, 0.15) is 11.4 Å². The Kier molecular flexibility index (Phi) is 11.7. The summed E-state index contributed by atoms with van der Waals surface area (Å²) in [5.74, 6) is 0.0518. The van der Waals surface area contributed by atoms with Crippen molar-refractivity contribution in [3.8, 4) is 0 Å². The minimum atomic E-state index is -0.554. The fourth-order valence-electron chi connectivity index (χ4n) is 3.82. The Bertz CT molecular complexity index is 458. The summed E-state index contributed by atoms with van der Waals surface area (Å²) in [6.45, 7) is 8.43. The first-order valence-corrected chi connectivity index (χ1v) is 11.4. The Morgan fingerprint density at radius 3 is 2.36 bits per heavy atom. The molecule has 5 heteroatoms. The monoisotopic (exact) mass is 397 g/mol. The van der Waals surface area contributed by atoms with Crippen LogP contribution in [0, 0.1) is 0 Å². The zero-order valence-electron chi connectivity index (χ0n) is 18.7. The highest BCUT2D eigenvalue weighted by Crippen LogP contribution is 2.23. The first kappa shape index (κ1) is 24.9. The molecular weight excluding hydrogens is 354 g/mol. The number of ether oxygens (including phenoxy) is 1. The highest BCUT2D eigenvalue weighted by Gasteiger charge is 2.31. The largest absolute Gasteiger partial charge is 0.444 e. The average molecular weight is 398 g/mol. The molecule has 1 aliphatic heterocycles. The Balaban J connectivity index is 2.32. The second-order valence-corrected chi connectivity index (χ2v) is 9.33. The number of ketones is 1. The maximum absolute atomic E-state index is 12.4. The third kappa shape index (κ3) is 11.0. The summed E-state index contributed by atoms with van der Waals surface area (Å²) in [5, 5.41) is 10.2. The smallest absolute Gasteiger partial charge is 0.410 e. The van der Waals surface area contributed by atoms with Crippen LogP contribution in [-0.2, 0) is 9.53 Å². The number of hydrogen-bond donors (Lipinski definition) is 1. The molecule has 0 aliphatic carbocycles. The van der Waals surface area contributed by atoms with Crippen molar-refractivity contribution >= 4 is 11.9 Å². The number of Topliss-reactive ketones (excluding diaryl/α,β-unsaturated/α-hetero) is 1. The van der Waals surface area contributed by atoms with Gasteiger partial charge in [0.25, 0.3) is 0 Å². The number of nitrogens with zero attached hydrogens (tertiary/aromatic N) is 1. The highest BCUT2D eigenvalue weighted by molar-refractivity contribution is 5.80. The van der Waals surface area contributed by atoms with Crippen LogP contribution in [0.15, 0.2) is 0 Å². The van der Waals surface area contributed by atoms with E-state index in [1.807, 2.05) is 20.8 Å². The standard InChI is InChI=1S/C23H43NO4/c1-5-6-7-8-9-10-11-15-20(25)18-21(26)17-19-14-12-13-16-24(19)22(27)28-23(2,3)4/h19-20,25H,5-18H2,1-4H3/t19-,20?/m0/s1. The van der Waals surface area contributed by atoms with E-state index in [9.17, 15) is 14.7 Å². The van der Waals surface area contributed by atoms with Crippen molar-refractivity contribution in [1.29, 1.82) is 0 Å². The molecule has 1 amide bonds. The summed E-state index contributed by atoms with van der Waals surface area (Å²) in [6, 6.07) is -0.0955. The molecule has 0 radical (unpaired) electrons. The molecule has 164 valence electrons. The topological polar surface area (TPSA) is 66.8 Å². The first-order chi connectivity index (χ1) is 13.2. The maximum Gasteiger partial charge on any atom is 0.410 e. The van der Waals surface area contributed by atoms with E-state index in [2.05, 4.69) is 6.92 Å².